The van der Waals surface area contributed by atoms with Crippen molar-refractivity contribution < 1.29 is 14.1 Å². The highest BCUT2D eigenvalue weighted by Crippen LogP contribution is 2.32. The average Bonchev–Trinajstić information content (AvgIpc) is 3.51. The fourth-order valence-electron chi connectivity index (χ4n) is 4.16. The second kappa shape index (κ2) is 9.85. The lowest BCUT2D eigenvalue weighted by molar-refractivity contribution is 0.0623. The van der Waals surface area contributed by atoms with Gasteiger partial charge in [0.25, 0.3) is 5.91 Å². The molecule has 2 aromatic heterocycles. The monoisotopic (exact) mass is 493 g/mol. The molecule has 4 aromatic rings. The van der Waals surface area contributed by atoms with Crippen LogP contribution in [0.4, 0.5) is 0 Å². The lowest BCUT2D eigenvalue weighted by Crippen LogP contribution is -2.48. The van der Waals surface area contributed by atoms with Crippen LogP contribution in [0.15, 0.2) is 53.1 Å². The van der Waals surface area contributed by atoms with E-state index in [0.29, 0.717) is 60.3 Å². The number of ether oxygens (including phenoxy) is 1. The number of carbonyl (C=O) groups excluding carboxylic acids is 1. The van der Waals surface area contributed by atoms with E-state index in [0.717, 1.165) is 17.3 Å². The van der Waals surface area contributed by atoms with Gasteiger partial charge in [-0.3, -0.25) is 9.69 Å². The third-order valence-electron chi connectivity index (χ3n) is 6.08. The van der Waals surface area contributed by atoms with Crippen molar-refractivity contribution in [3.8, 4) is 22.7 Å². The van der Waals surface area contributed by atoms with Crippen LogP contribution in [-0.4, -0.2) is 74.4 Å². The second-order valence-corrected chi connectivity index (χ2v) is 8.62. The minimum atomic E-state index is -0.110. The summed E-state index contributed by atoms with van der Waals surface area (Å²) in [5.74, 6) is 1.86. The van der Waals surface area contributed by atoms with E-state index in [1.165, 1.54) is 0 Å². The minimum absolute atomic E-state index is 0.110. The van der Waals surface area contributed by atoms with Crippen LogP contribution in [0.25, 0.3) is 16.9 Å². The first kappa shape index (κ1) is 23.0. The number of benzene rings is 2. The van der Waals surface area contributed by atoms with Gasteiger partial charge in [-0.2, -0.15) is 4.68 Å². The molecule has 5 rings (SSSR count). The Morgan fingerprint density at radius 2 is 1.83 bits per heavy atom. The summed E-state index contributed by atoms with van der Waals surface area (Å²) in [5.41, 5.74) is 2.46. The fourth-order valence-corrected chi connectivity index (χ4v) is 4.38. The number of halogens is 1. The number of aryl methyl sites for hydroxylation is 1. The van der Waals surface area contributed by atoms with Crippen molar-refractivity contribution in [2.75, 3.05) is 33.3 Å². The Morgan fingerprint density at radius 3 is 2.54 bits per heavy atom. The highest BCUT2D eigenvalue weighted by molar-refractivity contribution is 6.33. The topological polar surface area (TPSA) is 102 Å². The molecule has 0 spiro atoms. The molecule has 11 heteroatoms. The molecule has 0 N–H and O–H groups in total. The van der Waals surface area contributed by atoms with E-state index in [2.05, 4.69) is 25.6 Å². The Labute approximate surface area is 207 Å². The number of hydrogen-bond acceptors (Lipinski definition) is 8. The van der Waals surface area contributed by atoms with Crippen LogP contribution in [0, 0.1) is 6.92 Å². The Morgan fingerprint density at radius 1 is 1.09 bits per heavy atom. The molecular weight excluding hydrogens is 470 g/mol. The van der Waals surface area contributed by atoms with Gasteiger partial charge in [-0.15, -0.1) is 5.10 Å². The van der Waals surface area contributed by atoms with E-state index >= 15 is 0 Å². The Hall–Kier alpha value is -3.76. The maximum Gasteiger partial charge on any atom is 0.259 e. The predicted molar refractivity (Wildman–Crippen MR) is 129 cm³/mol. The van der Waals surface area contributed by atoms with E-state index in [1.807, 2.05) is 47.4 Å². The van der Waals surface area contributed by atoms with Gasteiger partial charge in [-0.25, -0.2) is 0 Å². The van der Waals surface area contributed by atoms with Gasteiger partial charge in [-0.1, -0.05) is 35.0 Å². The predicted octanol–water partition coefficient (Wildman–Crippen LogP) is 3.25. The second-order valence-electron chi connectivity index (χ2n) is 8.22. The molecule has 180 valence electrons. The maximum absolute atomic E-state index is 13.4. The van der Waals surface area contributed by atoms with E-state index in [4.69, 9.17) is 20.9 Å². The van der Waals surface area contributed by atoms with Crippen molar-refractivity contribution in [2.45, 2.75) is 13.5 Å². The van der Waals surface area contributed by atoms with Crippen molar-refractivity contribution in [1.82, 2.24) is 35.2 Å². The highest BCUT2D eigenvalue weighted by atomic mass is 35.5. The number of methoxy groups -OCH3 is 1. The molecule has 0 bridgehead atoms. The van der Waals surface area contributed by atoms with Gasteiger partial charge in [0.1, 0.15) is 22.8 Å². The van der Waals surface area contributed by atoms with Gasteiger partial charge in [0, 0.05) is 31.7 Å². The molecule has 1 fully saturated rings. The summed E-state index contributed by atoms with van der Waals surface area (Å²) in [4.78, 5) is 17.5. The highest BCUT2D eigenvalue weighted by Gasteiger charge is 2.29. The molecule has 1 saturated heterocycles. The normalized spacial score (nSPS) is 14.3. The molecular formula is C24H24ClN7O3. The summed E-state index contributed by atoms with van der Waals surface area (Å²) in [6.45, 7) is 4.82. The van der Waals surface area contributed by atoms with E-state index in [1.54, 1.807) is 24.8 Å². The number of aromatic nitrogens is 5. The van der Waals surface area contributed by atoms with Crippen LogP contribution in [0.1, 0.15) is 21.9 Å². The van der Waals surface area contributed by atoms with Gasteiger partial charge in [0.2, 0.25) is 0 Å². The molecule has 0 saturated carbocycles. The molecule has 0 unspecified atom stereocenters. The number of hydrogen-bond donors (Lipinski definition) is 0. The average molecular weight is 494 g/mol. The van der Waals surface area contributed by atoms with E-state index in [9.17, 15) is 4.79 Å². The molecule has 1 aliphatic heterocycles. The lowest BCUT2D eigenvalue weighted by Gasteiger charge is -2.34. The molecule has 0 radical (unpaired) electrons. The molecule has 3 heterocycles. The third kappa shape index (κ3) is 4.62. The molecule has 35 heavy (non-hydrogen) atoms. The SMILES string of the molecule is COc1ccc(-n2nnnc2CN2CCN(C(=O)c3c(-c4ccccc4Cl)noc3C)CC2)cc1. The standard InChI is InChI=1S/C24H24ClN7O3/c1-16-22(23(27-35-16)19-5-3-4-6-20(19)25)24(33)31-13-11-30(12-14-31)15-21-26-28-29-32(21)17-7-9-18(34-2)10-8-17/h3-10H,11-15H2,1-2H3. The van der Waals surface area contributed by atoms with Gasteiger partial charge in [0.15, 0.2) is 5.82 Å². The van der Waals surface area contributed by atoms with Crippen LogP contribution >= 0.6 is 11.6 Å². The van der Waals surface area contributed by atoms with E-state index in [-0.39, 0.29) is 5.91 Å². The molecule has 10 nitrogen and oxygen atoms in total. The van der Waals surface area contributed by atoms with Gasteiger partial charge in [-0.05, 0) is 47.7 Å². The third-order valence-corrected chi connectivity index (χ3v) is 6.41. The van der Waals surface area contributed by atoms with Crippen LogP contribution in [-0.2, 0) is 6.54 Å². The van der Waals surface area contributed by atoms with Crippen LogP contribution in [0.5, 0.6) is 5.75 Å². The first-order valence-electron chi connectivity index (χ1n) is 11.2. The minimum Gasteiger partial charge on any atom is -0.497 e. The number of amides is 1. The first-order valence-corrected chi connectivity index (χ1v) is 11.6. The Bertz CT molecular complexity index is 1330. The van der Waals surface area contributed by atoms with Gasteiger partial charge >= 0.3 is 0 Å². The summed E-state index contributed by atoms with van der Waals surface area (Å²) in [5, 5.41) is 16.8. The summed E-state index contributed by atoms with van der Waals surface area (Å²) >= 11 is 6.35. The van der Waals surface area contributed by atoms with Crippen molar-refractivity contribution in [2.24, 2.45) is 0 Å². The largest absolute Gasteiger partial charge is 0.497 e. The molecule has 2 aromatic carbocycles. The van der Waals surface area contributed by atoms with Crippen LogP contribution in [0.3, 0.4) is 0 Å². The van der Waals surface area contributed by atoms with Crippen molar-refractivity contribution in [1.29, 1.82) is 0 Å². The smallest absolute Gasteiger partial charge is 0.259 e. The van der Waals surface area contributed by atoms with Gasteiger partial charge in [0.05, 0.1) is 24.4 Å². The van der Waals surface area contributed by atoms with Crippen molar-refractivity contribution in [3.05, 3.63) is 70.7 Å². The number of nitrogens with zero attached hydrogens (tertiary/aromatic N) is 7. The molecule has 1 amide bonds. The zero-order chi connectivity index (χ0) is 24.4. The van der Waals surface area contributed by atoms with Crippen molar-refractivity contribution in [3.63, 3.8) is 0 Å². The first-order chi connectivity index (χ1) is 17.0. The van der Waals surface area contributed by atoms with Crippen molar-refractivity contribution >= 4 is 17.5 Å². The molecule has 0 aliphatic carbocycles. The summed E-state index contributed by atoms with van der Waals surface area (Å²) < 4.78 is 12.3. The molecule has 1 aliphatic rings. The fraction of sp³-hybridized carbons (Fsp3) is 0.292. The zero-order valence-electron chi connectivity index (χ0n) is 19.4. The zero-order valence-corrected chi connectivity index (χ0v) is 20.1. The Kier molecular flexibility index (Phi) is 6.47. The van der Waals surface area contributed by atoms with Crippen LogP contribution in [0.2, 0.25) is 5.02 Å². The van der Waals surface area contributed by atoms with Crippen LogP contribution < -0.4 is 4.74 Å². The number of tetrazole rings is 1. The summed E-state index contributed by atoms with van der Waals surface area (Å²) in [7, 11) is 1.63. The maximum atomic E-state index is 13.4. The number of rotatable bonds is 6. The van der Waals surface area contributed by atoms with E-state index < -0.39 is 0 Å². The summed E-state index contributed by atoms with van der Waals surface area (Å²) in [6, 6.07) is 14.9. The number of piperazine rings is 1. The number of carbonyl (C=O) groups is 1. The Balaban J connectivity index is 1.26. The van der Waals surface area contributed by atoms with Gasteiger partial charge < -0.3 is 14.2 Å². The quantitative estimate of drug-likeness (QED) is 0.403. The summed E-state index contributed by atoms with van der Waals surface area (Å²) in [6.07, 6.45) is 0. The molecule has 0 atom stereocenters. The lowest BCUT2D eigenvalue weighted by atomic mass is 10.0.